The van der Waals surface area contributed by atoms with Crippen molar-refractivity contribution in [2.24, 2.45) is 5.41 Å². The first-order valence-electron chi connectivity index (χ1n) is 4.48. The van der Waals surface area contributed by atoms with Gasteiger partial charge in [-0.1, -0.05) is 0 Å². The minimum Gasteiger partial charge on any atom is -0.481 e. The third-order valence-corrected chi connectivity index (χ3v) is 3.59. The Morgan fingerprint density at radius 1 is 1.57 bits per heavy atom. The Hall–Kier alpha value is -0.620. The van der Waals surface area contributed by atoms with Gasteiger partial charge in [0.2, 0.25) is 0 Å². The lowest BCUT2D eigenvalue weighted by molar-refractivity contribution is -0.147. The Balaban J connectivity index is 2.66. The summed E-state index contributed by atoms with van der Waals surface area (Å²) in [4.78, 5) is 11.0. The molecule has 2 N–H and O–H groups in total. The van der Waals surface area contributed by atoms with E-state index < -0.39 is 21.2 Å². The summed E-state index contributed by atoms with van der Waals surface area (Å²) in [6.45, 7) is 1.02. The first-order chi connectivity index (χ1) is 6.36. The number of rotatable bonds is 4. The quantitative estimate of drug-likeness (QED) is 0.667. The van der Waals surface area contributed by atoms with Gasteiger partial charge >= 0.3 is 5.97 Å². The monoisotopic (exact) mass is 221 g/mol. The summed E-state index contributed by atoms with van der Waals surface area (Å²) in [5.41, 5.74) is -0.872. The van der Waals surface area contributed by atoms with E-state index in [1.54, 1.807) is 0 Å². The number of hydrogen-bond acceptors (Lipinski definition) is 4. The fourth-order valence-corrected chi connectivity index (χ4v) is 2.39. The number of sulfone groups is 1. The third kappa shape index (κ3) is 2.68. The van der Waals surface area contributed by atoms with Crippen molar-refractivity contribution in [3.63, 3.8) is 0 Å². The topological polar surface area (TPSA) is 83.5 Å². The van der Waals surface area contributed by atoms with Crippen molar-refractivity contribution in [2.45, 2.75) is 12.8 Å². The standard InChI is InChI=1S/C8H15NO4S/c1-14(12,13)5-3-8(7(10)11)2-4-9-6-8/h9H,2-6H2,1H3,(H,10,11). The molecule has 1 aliphatic heterocycles. The molecule has 0 radical (unpaired) electrons. The van der Waals surface area contributed by atoms with Crippen molar-refractivity contribution in [3.05, 3.63) is 0 Å². The lowest BCUT2D eigenvalue weighted by Crippen LogP contribution is -2.35. The smallest absolute Gasteiger partial charge is 0.311 e. The highest BCUT2D eigenvalue weighted by Crippen LogP contribution is 2.30. The van der Waals surface area contributed by atoms with Crippen LogP contribution in [0.3, 0.4) is 0 Å². The van der Waals surface area contributed by atoms with E-state index in [0.29, 0.717) is 19.5 Å². The van der Waals surface area contributed by atoms with Crippen LogP contribution >= 0.6 is 0 Å². The Bertz CT molecular complexity index is 316. The fourth-order valence-electron chi connectivity index (χ4n) is 1.63. The molecule has 1 unspecified atom stereocenters. The van der Waals surface area contributed by atoms with Crippen molar-refractivity contribution in [1.82, 2.24) is 5.32 Å². The van der Waals surface area contributed by atoms with E-state index in [9.17, 15) is 13.2 Å². The van der Waals surface area contributed by atoms with Crippen molar-refractivity contribution in [1.29, 1.82) is 0 Å². The maximum Gasteiger partial charge on any atom is 0.311 e. The normalized spacial score (nSPS) is 27.8. The van der Waals surface area contributed by atoms with Gasteiger partial charge in [-0.05, 0) is 19.4 Å². The van der Waals surface area contributed by atoms with Gasteiger partial charge in [-0.2, -0.15) is 0 Å². The third-order valence-electron chi connectivity index (χ3n) is 2.65. The second-order valence-corrected chi connectivity index (χ2v) is 6.15. The van der Waals surface area contributed by atoms with Gasteiger partial charge in [0.1, 0.15) is 9.84 Å². The molecule has 6 heteroatoms. The molecule has 1 heterocycles. The zero-order valence-corrected chi connectivity index (χ0v) is 8.93. The lowest BCUT2D eigenvalue weighted by atomic mass is 9.84. The number of carboxylic acids is 1. The highest BCUT2D eigenvalue weighted by atomic mass is 32.2. The Morgan fingerprint density at radius 3 is 2.57 bits per heavy atom. The summed E-state index contributed by atoms with van der Waals surface area (Å²) in [5, 5.41) is 12.0. The summed E-state index contributed by atoms with van der Waals surface area (Å²) in [5.74, 6) is -0.952. The van der Waals surface area contributed by atoms with Crippen LogP contribution in [0.2, 0.25) is 0 Å². The first kappa shape index (κ1) is 11.5. The molecule has 0 aliphatic carbocycles. The van der Waals surface area contributed by atoms with E-state index >= 15 is 0 Å². The summed E-state index contributed by atoms with van der Waals surface area (Å²) in [6.07, 6.45) is 1.84. The average molecular weight is 221 g/mol. The maximum atomic E-state index is 11.0. The second-order valence-electron chi connectivity index (χ2n) is 3.89. The molecule has 1 saturated heterocycles. The van der Waals surface area contributed by atoms with Crippen LogP contribution in [0.15, 0.2) is 0 Å². The van der Waals surface area contributed by atoms with Gasteiger partial charge in [-0.25, -0.2) is 8.42 Å². The van der Waals surface area contributed by atoms with E-state index in [4.69, 9.17) is 5.11 Å². The number of hydrogen-bond donors (Lipinski definition) is 2. The first-order valence-corrected chi connectivity index (χ1v) is 6.54. The molecule has 0 bridgehead atoms. The summed E-state index contributed by atoms with van der Waals surface area (Å²) in [7, 11) is -3.07. The highest BCUT2D eigenvalue weighted by molar-refractivity contribution is 7.90. The largest absolute Gasteiger partial charge is 0.481 e. The van der Waals surface area contributed by atoms with Gasteiger partial charge < -0.3 is 10.4 Å². The molecule has 5 nitrogen and oxygen atoms in total. The predicted molar refractivity (Wildman–Crippen MR) is 51.9 cm³/mol. The summed E-state index contributed by atoms with van der Waals surface area (Å²) < 4.78 is 21.9. The molecule has 0 amide bonds. The zero-order chi connectivity index (χ0) is 10.8. The van der Waals surface area contributed by atoms with Crippen LogP contribution in [-0.2, 0) is 14.6 Å². The van der Waals surface area contributed by atoms with Crippen molar-refractivity contribution < 1.29 is 18.3 Å². The summed E-state index contributed by atoms with van der Waals surface area (Å²) >= 11 is 0. The predicted octanol–water partition coefficient (Wildman–Crippen LogP) is -0.515. The van der Waals surface area contributed by atoms with Crippen molar-refractivity contribution in [2.75, 3.05) is 25.1 Å². The van der Waals surface area contributed by atoms with Crippen molar-refractivity contribution in [3.8, 4) is 0 Å². The fraction of sp³-hybridized carbons (Fsp3) is 0.875. The SMILES string of the molecule is CS(=O)(=O)CCC1(C(=O)O)CCNC1. The molecule has 0 saturated carbocycles. The van der Waals surface area contributed by atoms with Gasteiger partial charge in [0.15, 0.2) is 0 Å². The van der Waals surface area contributed by atoms with Crippen molar-refractivity contribution >= 4 is 15.8 Å². The van der Waals surface area contributed by atoms with Crippen LogP contribution in [0.5, 0.6) is 0 Å². The molecule has 0 aromatic carbocycles. The number of nitrogens with one attached hydrogen (secondary N) is 1. The molecule has 0 aromatic rings. The van der Waals surface area contributed by atoms with Gasteiger partial charge in [0, 0.05) is 12.8 Å². The molecule has 1 atom stereocenters. The van der Waals surface area contributed by atoms with E-state index in [1.807, 2.05) is 0 Å². The zero-order valence-electron chi connectivity index (χ0n) is 8.12. The molecular formula is C8H15NO4S. The van der Waals surface area contributed by atoms with Crippen LogP contribution in [0.4, 0.5) is 0 Å². The van der Waals surface area contributed by atoms with E-state index in [2.05, 4.69) is 5.32 Å². The van der Waals surface area contributed by atoms with Crippen LogP contribution < -0.4 is 5.32 Å². The van der Waals surface area contributed by atoms with Crippen LogP contribution in [0.1, 0.15) is 12.8 Å². The second kappa shape index (κ2) is 3.86. The Morgan fingerprint density at radius 2 is 2.21 bits per heavy atom. The molecule has 0 spiro atoms. The minimum atomic E-state index is -3.07. The van der Waals surface area contributed by atoms with Gasteiger partial charge in [0.25, 0.3) is 0 Å². The van der Waals surface area contributed by atoms with E-state index in [-0.39, 0.29) is 12.2 Å². The lowest BCUT2D eigenvalue weighted by Gasteiger charge is -2.21. The molecule has 82 valence electrons. The molecular weight excluding hydrogens is 206 g/mol. The molecule has 0 aromatic heterocycles. The average Bonchev–Trinajstić information content (AvgIpc) is 2.48. The highest BCUT2D eigenvalue weighted by Gasteiger charge is 2.41. The van der Waals surface area contributed by atoms with Crippen LogP contribution in [0, 0.1) is 5.41 Å². The molecule has 1 fully saturated rings. The van der Waals surface area contributed by atoms with Crippen LogP contribution in [0.25, 0.3) is 0 Å². The summed E-state index contributed by atoms with van der Waals surface area (Å²) in [6, 6.07) is 0. The number of aliphatic carboxylic acids is 1. The Kier molecular flexibility index (Phi) is 3.16. The van der Waals surface area contributed by atoms with E-state index in [0.717, 1.165) is 6.26 Å². The van der Waals surface area contributed by atoms with Gasteiger partial charge in [-0.15, -0.1) is 0 Å². The van der Waals surface area contributed by atoms with Gasteiger partial charge in [0.05, 0.1) is 11.2 Å². The minimum absolute atomic E-state index is 0.0546. The molecule has 1 rings (SSSR count). The molecule has 1 aliphatic rings. The van der Waals surface area contributed by atoms with E-state index in [1.165, 1.54) is 0 Å². The Labute approximate surface area is 83.4 Å². The van der Waals surface area contributed by atoms with Crippen LogP contribution in [-0.4, -0.2) is 44.6 Å². The molecule has 14 heavy (non-hydrogen) atoms. The maximum absolute atomic E-state index is 11.0. The number of carboxylic acid groups (broad SMARTS) is 1. The number of carbonyl (C=O) groups is 1. The van der Waals surface area contributed by atoms with Gasteiger partial charge in [-0.3, -0.25) is 4.79 Å².